The Morgan fingerprint density at radius 2 is 1.53 bits per heavy atom. The van der Waals surface area contributed by atoms with E-state index in [-0.39, 0.29) is 17.7 Å². The maximum Gasteiger partial charge on any atom is 0.160 e. The van der Waals surface area contributed by atoms with Gasteiger partial charge in [-0.2, -0.15) is 0 Å². The van der Waals surface area contributed by atoms with Crippen LogP contribution in [-0.4, -0.2) is 39.2 Å². The fraction of sp³-hybridized carbons (Fsp3) is 0.280. The summed E-state index contributed by atoms with van der Waals surface area (Å²) in [6.45, 7) is 3.50. The molecule has 3 atom stereocenters. The van der Waals surface area contributed by atoms with Gasteiger partial charge in [-0.25, -0.2) is 17.6 Å². The molecule has 3 unspecified atom stereocenters. The molecule has 1 aliphatic rings. The summed E-state index contributed by atoms with van der Waals surface area (Å²) in [6, 6.07) is 9.09. The molecule has 1 saturated heterocycles. The van der Waals surface area contributed by atoms with Gasteiger partial charge < -0.3 is 25.3 Å². The van der Waals surface area contributed by atoms with E-state index >= 15 is 0 Å². The van der Waals surface area contributed by atoms with E-state index in [1.807, 2.05) is 0 Å². The monoisotopic (exact) mass is 474 g/mol. The molecule has 9 heteroatoms. The number of hydrogen-bond donors (Lipinski definition) is 4. The summed E-state index contributed by atoms with van der Waals surface area (Å²) in [7, 11) is 0. The number of halogens is 4. The zero-order chi connectivity index (χ0) is 24.4. The van der Waals surface area contributed by atoms with Crippen LogP contribution in [0.1, 0.15) is 20.3 Å². The van der Waals surface area contributed by atoms with Crippen molar-refractivity contribution in [2.24, 2.45) is 0 Å². The molecular weight excluding hydrogens is 452 g/mol. The summed E-state index contributed by atoms with van der Waals surface area (Å²) in [5.41, 5.74) is 1.06. The van der Waals surface area contributed by atoms with Gasteiger partial charge in [0.1, 0.15) is 6.10 Å². The Balaban J connectivity index is 1.59. The second-order valence-corrected chi connectivity index (χ2v) is 9.21. The molecule has 1 aliphatic heterocycles. The minimum atomic E-state index is -1.30. The van der Waals surface area contributed by atoms with Crippen molar-refractivity contribution in [2.75, 3.05) is 5.32 Å². The number of rotatable bonds is 3. The number of aliphatic hydroxyl groups excluding tert-OH is 2. The van der Waals surface area contributed by atoms with E-state index in [1.165, 1.54) is 0 Å². The van der Waals surface area contributed by atoms with E-state index in [1.54, 1.807) is 32.0 Å². The highest BCUT2D eigenvalue weighted by molar-refractivity contribution is 6.08. The van der Waals surface area contributed by atoms with Crippen molar-refractivity contribution in [1.29, 1.82) is 0 Å². The minimum absolute atomic E-state index is 0.139. The molecule has 3 aromatic carbocycles. The van der Waals surface area contributed by atoms with E-state index in [0.29, 0.717) is 27.4 Å². The molecule has 0 radical (unpaired) electrons. The van der Waals surface area contributed by atoms with Crippen molar-refractivity contribution in [3.63, 3.8) is 0 Å². The van der Waals surface area contributed by atoms with E-state index in [2.05, 4.69) is 10.3 Å². The van der Waals surface area contributed by atoms with Crippen LogP contribution in [0, 0.1) is 23.3 Å². The van der Waals surface area contributed by atoms with Crippen LogP contribution in [0.4, 0.5) is 23.2 Å². The van der Waals surface area contributed by atoms with E-state index in [9.17, 15) is 27.8 Å². The number of aromatic nitrogens is 1. The van der Waals surface area contributed by atoms with Crippen LogP contribution < -0.4 is 5.32 Å². The standard InChI is InChI=1S/C25H22F4N2O3/c1-25(2)10-22(32)23(33)24(34-25)31-20-8-17(28)15(26)6-13(20)11-3-4-12-14-7-16(27)18(29)9-21(14)30-19(12)5-11/h3-9,22-24,30-33H,10H2,1-2H3. The lowest BCUT2D eigenvalue weighted by atomic mass is 9.92. The first-order valence-electron chi connectivity index (χ1n) is 10.7. The van der Waals surface area contributed by atoms with Crippen LogP contribution in [-0.2, 0) is 4.74 Å². The normalized spacial score (nSPS) is 22.4. The van der Waals surface area contributed by atoms with Crippen molar-refractivity contribution >= 4 is 27.5 Å². The molecule has 4 aromatic rings. The van der Waals surface area contributed by atoms with Gasteiger partial charge >= 0.3 is 0 Å². The fourth-order valence-electron chi connectivity index (χ4n) is 4.53. The molecule has 4 N–H and O–H groups in total. The average Bonchev–Trinajstić information content (AvgIpc) is 3.10. The largest absolute Gasteiger partial charge is 0.390 e. The molecule has 5 rings (SSSR count). The zero-order valence-corrected chi connectivity index (χ0v) is 18.3. The third-order valence-corrected chi connectivity index (χ3v) is 6.16. The molecule has 0 amide bonds. The number of benzene rings is 3. The Morgan fingerprint density at radius 3 is 2.29 bits per heavy atom. The summed E-state index contributed by atoms with van der Waals surface area (Å²) in [5, 5.41) is 24.6. The van der Waals surface area contributed by atoms with Crippen LogP contribution in [0.15, 0.2) is 42.5 Å². The van der Waals surface area contributed by atoms with Crippen LogP contribution >= 0.6 is 0 Å². The zero-order valence-electron chi connectivity index (χ0n) is 18.3. The molecule has 34 heavy (non-hydrogen) atoms. The maximum atomic E-state index is 14.2. The number of anilines is 1. The predicted molar refractivity (Wildman–Crippen MR) is 120 cm³/mol. The number of H-pyrrole nitrogens is 1. The second kappa shape index (κ2) is 7.97. The summed E-state index contributed by atoms with van der Waals surface area (Å²) in [4.78, 5) is 3.01. The smallest absolute Gasteiger partial charge is 0.160 e. The lowest BCUT2D eigenvalue weighted by Crippen LogP contribution is -2.55. The van der Waals surface area contributed by atoms with Gasteiger partial charge in [-0.1, -0.05) is 12.1 Å². The highest BCUT2D eigenvalue weighted by Gasteiger charge is 2.41. The third-order valence-electron chi connectivity index (χ3n) is 6.16. The number of aromatic amines is 1. The maximum absolute atomic E-state index is 14.2. The van der Waals surface area contributed by atoms with Gasteiger partial charge in [0.2, 0.25) is 0 Å². The van der Waals surface area contributed by atoms with Crippen molar-refractivity contribution in [3.05, 3.63) is 65.7 Å². The topological polar surface area (TPSA) is 77.5 Å². The molecule has 1 fully saturated rings. The summed E-state index contributed by atoms with van der Waals surface area (Å²) < 4.78 is 61.7. The molecule has 0 saturated carbocycles. The van der Waals surface area contributed by atoms with Crippen LogP contribution in [0.3, 0.4) is 0 Å². The minimum Gasteiger partial charge on any atom is -0.390 e. The van der Waals surface area contributed by atoms with Crippen LogP contribution in [0.5, 0.6) is 0 Å². The summed E-state index contributed by atoms with van der Waals surface area (Å²) >= 11 is 0. The van der Waals surface area contributed by atoms with E-state index in [0.717, 1.165) is 24.3 Å². The van der Waals surface area contributed by atoms with Crippen LogP contribution in [0.25, 0.3) is 32.9 Å². The van der Waals surface area contributed by atoms with Crippen LogP contribution in [0.2, 0.25) is 0 Å². The molecule has 2 heterocycles. The van der Waals surface area contributed by atoms with Gasteiger partial charge in [0, 0.05) is 51.6 Å². The highest BCUT2D eigenvalue weighted by Crippen LogP contribution is 2.37. The fourth-order valence-corrected chi connectivity index (χ4v) is 4.53. The second-order valence-electron chi connectivity index (χ2n) is 9.21. The van der Waals surface area contributed by atoms with E-state index in [4.69, 9.17) is 4.74 Å². The number of fused-ring (bicyclic) bond motifs is 3. The third kappa shape index (κ3) is 3.89. The number of ether oxygens (including phenoxy) is 1. The molecule has 178 valence electrons. The average molecular weight is 474 g/mol. The van der Waals surface area contributed by atoms with Gasteiger partial charge in [0.15, 0.2) is 29.5 Å². The predicted octanol–water partition coefficient (Wildman–Crippen LogP) is 5.20. The van der Waals surface area contributed by atoms with Crippen molar-refractivity contribution < 1.29 is 32.5 Å². The number of hydrogen-bond acceptors (Lipinski definition) is 4. The van der Waals surface area contributed by atoms with Gasteiger partial charge in [-0.05, 0) is 37.6 Å². The Hall–Kier alpha value is -3.14. The summed E-state index contributed by atoms with van der Waals surface area (Å²) in [5.74, 6) is -4.14. The number of nitrogens with one attached hydrogen (secondary N) is 2. The summed E-state index contributed by atoms with van der Waals surface area (Å²) in [6.07, 6.45) is -3.24. The molecule has 0 aliphatic carbocycles. The first-order chi connectivity index (χ1) is 16.0. The molecular formula is C25H22F4N2O3. The van der Waals surface area contributed by atoms with Crippen molar-refractivity contribution in [2.45, 2.75) is 44.3 Å². The van der Waals surface area contributed by atoms with Gasteiger partial charge in [0.25, 0.3) is 0 Å². The van der Waals surface area contributed by atoms with Gasteiger partial charge in [0.05, 0.1) is 11.7 Å². The Labute approximate surface area is 192 Å². The SMILES string of the molecule is CC1(C)CC(O)C(O)C(Nc2cc(F)c(F)cc2-c2ccc3c(c2)[nH]c2cc(F)c(F)cc23)O1. The van der Waals surface area contributed by atoms with E-state index < -0.39 is 47.3 Å². The lowest BCUT2D eigenvalue weighted by Gasteiger charge is -2.42. The Morgan fingerprint density at radius 1 is 0.882 bits per heavy atom. The Bertz CT molecular complexity index is 1420. The van der Waals surface area contributed by atoms with Gasteiger partial charge in [-0.3, -0.25) is 0 Å². The highest BCUT2D eigenvalue weighted by atomic mass is 19.2. The quantitative estimate of drug-likeness (QED) is 0.308. The number of aliphatic hydroxyl groups is 2. The lowest BCUT2D eigenvalue weighted by molar-refractivity contribution is -0.192. The first-order valence-corrected chi connectivity index (χ1v) is 10.7. The molecule has 0 bridgehead atoms. The first kappa shape index (κ1) is 22.6. The van der Waals surface area contributed by atoms with Crippen molar-refractivity contribution in [1.82, 2.24) is 4.98 Å². The van der Waals surface area contributed by atoms with Gasteiger partial charge in [-0.15, -0.1) is 0 Å². The molecule has 1 aromatic heterocycles. The Kier molecular flexibility index (Phi) is 5.31. The molecule has 5 nitrogen and oxygen atoms in total. The molecule has 0 spiro atoms. The van der Waals surface area contributed by atoms with Crippen molar-refractivity contribution in [3.8, 4) is 11.1 Å².